The molecular formula is C23H26N2O5. The summed E-state index contributed by atoms with van der Waals surface area (Å²) in [6.07, 6.45) is 2.02. The van der Waals surface area contributed by atoms with E-state index < -0.39 is 5.41 Å². The molecule has 1 saturated carbocycles. The summed E-state index contributed by atoms with van der Waals surface area (Å²) in [5.41, 5.74) is 1.93. The van der Waals surface area contributed by atoms with Gasteiger partial charge >= 0.3 is 5.97 Å². The van der Waals surface area contributed by atoms with Gasteiger partial charge in [0.1, 0.15) is 11.2 Å². The SMILES string of the molecule is COC(=O)[C@]12C[C@H]3C[C@@H]4[C@H](C)OCN(CCc5c1n(c1cc(OC)ccc51)C3=O)[C@@H]42. The van der Waals surface area contributed by atoms with Crippen LogP contribution >= 0.6 is 0 Å². The van der Waals surface area contributed by atoms with E-state index in [-0.39, 0.29) is 35.9 Å². The van der Waals surface area contributed by atoms with E-state index >= 15 is 0 Å². The minimum Gasteiger partial charge on any atom is -0.497 e. The van der Waals surface area contributed by atoms with E-state index in [9.17, 15) is 9.59 Å². The number of esters is 1. The largest absolute Gasteiger partial charge is 0.497 e. The van der Waals surface area contributed by atoms with E-state index in [1.54, 1.807) is 7.11 Å². The molecule has 1 aliphatic carbocycles. The predicted octanol–water partition coefficient (Wildman–Crippen LogP) is 2.34. The van der Waals surface area contributed by atoms with Crippen molar-refractivity contribution in [2.24, 2.45) is 11.8 Å². The third kappa shape index (κ3) is 2.02. The first-order valence-corrected chi connectivity index (χ1v) is 10.7. The fourth-order valence-corrected chi connectivity index (χ4v) is 6.83. The Morgan fingerprint density at radius 3 is 2.90 bits per heavy atom. The van der Waals surface area contributed by atoms with E-state index in [0.717, 1.165) is 41.5 Å². The molecule has 158 valence electrons. The maximum Gasteiger partial charge on any atom is 0.319 e. The van der Waals surface area contributed by atoms with Gasteiger partial charge in [-0.3, -0.25) is 19.1 Å². The lowest BCUT2D eigenvalue weighted by Crippen LogP contribution is -2.69. The summed E-state index contributed by atoms with van der Waals surface area (Å²) < 4.78 is 18.8. The van der Waals surface area contributed by atoms with Crippen LogP contribution in [-0.4, -0.2) is 61.0 Å². The Morgan fingerprint density at radius 2 is 2.13 bits per heavy atom. The van der Waals surface area contributed by atoms with Crippen molar-refractivity contribution < 1.29 is 23.8 Å². The molecule has 2 bridgehead atoms. The van der Waals surface area contributed by atoms with Crippen LogP contribution in [0.5, 0.6) is 5.75 Å². The van der Waals surface area contributed by atoms with Crippen LogP contribution in [0, 0.1) is 11.8 Å². The second-order valence-electron chi connectivity index (χ2n) is 9.16. The summed E-state index contributed by atoms with van der Waals surface area (Å²) in [7, 11) is 3.09. The highest BCUT2D eigenvalue weighted by Crippen LogP contribution is 2.57. The molecule has 7 nitrogen and oxygen atoms in total. The second-order valence-corrected chi connectivity index (χ2v) is 9.16. The van der Waals surface area contributed by atoms with Crippen LogP contribution in [-0.2, 0) is 26.1 Å². The number of methoxy groups -OCH3 is 2. The zero-order valence-corrected chi connectivity index (χ0v) is 17.5. The van der Waals surface area contributed by atoms with Crippen LogP contribution in [0.25, 0.3) is 10.9 Å². The van der Waals surface area contributed by atoms with Crippen molar-refractivity contribution in [3.05, 3.63) is 29.5 Å². The lowest BCUT2D eigenvalue weighted by atomic mass is 9.56. The molecule has 4 heterocycles. The highest BCUT2D eigenvalue weighted by molar-refractivity contribution is 6.03. The molecule has 0 N–H and O–H groups in total. The minimum atomic E-state index is -0.855. The Balaban J connectivity index is 1.74. The van der Waals surface area contributed by atoms with Crippen molar-refractivity contribution in [1.29, 1.82) is 0 Å². The molecule has 0 unspecified atom stereocenters. The number of carbonyl (C=O) groups excluding carboxylic acids is 2. The van der Waals surface area contributed by atoms with Gasteiger partial charge in [0.05, 0.1) is 32.6 Å². The maximum absolute atomic E-state index is 13.7. The highest BCUT2D eigenvalue weighted by Gasteiger charge is 2.66. The standard InChI is InChI=1S/C23H26N2O5/c1-12-17-8-13-10-23(22(27)29-3)19(17)24(11-30-12)7-6-16-15-5-4-14(28-2)9-18(15)25(20(16)23)21(13)26/h4-5,9,12-13,17,19H,6-8,10-11H2,1-3H3/t12-,13+,17+,19-,23-/m0/s1. The summed E-state index contributed by atoms with van der Waals surface area (Å²) in [5, 5.41) is 1.03. The van der Waals surface area contributed by atoms with Gasteiger partial charge in [0.2, 0.25) is 5.91 Å². The van der Waals surface area contributed by atoms with Gasteiger partial charge in [0.25, 0.3) is 0 Å². The first-order chi connectivity index (χ1) is 14.5. The van der Waals surface area contributed by atoms with Gasteiger partial charge in [-0.2, -0.15) is 0 Å². The predicted molar refractivity (Wildman–Crippen MR) is 109 cm³/mol. The number of nitrogens with zero attached hydrogens (tertiary/aromatic N) is 2. The van der Waals surface area contributed by atoms with Gasteiger partial charge in [0.15, 0.2) is 0 Å². The van der Waals surface area contributed by atoms with Gasteiger partial charge in [-0.15, -0.1) is 0 Å². The summed E-state index contributed by atoms with van der Waals surface area (Å²) >= 11 is 0. The molecule has 3 aliphatic heterocycles. The molecule has 1 aromatic carbocycles. The Kier molecular flexibility index (Phi) is 3.73. The van der Waals surface area contributed by atoms with Crippen LogP contribution in [0.1, 0.15) is 35.8 Å². The summed E-state index contributed by atoms with van der Waals surface area (Å²) in [6, 6.07) is 5.86. The molecule has 1 aromatic heterocycles. The van der Waals surface area contributed by atoms with Crippen molar-refractivity contribution in [1.82, 2.24) is 9.47 Å². The fourth-order valence-electron chi connectivity index (χ4n) is 6.83. The van der Waals surface area contributed by atoms with Crippen molar-refractivity contribution in [2.45, 2.75) is 43.7 Å². The zero-order chi connectivity index (χ0) is 20.8. The highest BCUT2D eigenvalue weighted by atomic mass is 16.5. The van der Waals surface area contributed by atoms with Gasteiger partial charge in [0, 0.05) is 41.6 Å². The van der Waals surface area contributed by atoms with E-state index in [4.69, 9.17) is 14.2 Å². The number of hydrogen-bond acceptors (Lipinski definition) is 6. The van der Waals surface area contributed by atoms with Crippen molar-refractivity contribution >= 4 is 22.8 Å². The molecule has 2 fully saturated rings. The normalized spacial score (nSPS) is 34.6. The van der Waals surface area contributed by atoms with Crippen LogP contribution in [0.4, 0.5) is 0 Å². The van der Waals surface area contributed by atoms with Crippen molar-refractivity contribution in [2.75, 3.05) is 27.5 Å². The molecule has 1 saturated heterocycles. The lowest BCUT2D eigenvalue weighted by molar-refractivity contribution is -0.184. The molecule has 5 atom stereocenters. The topological polar surface area (TPSA) is 70.0 Å². The number of benzene rings is 1. The number of carbonyl (C=O) groups is 2. The first kappa shape index (κ1) is 18.4. The smallest absolute Gasteiger partial charge is 0.319 e. The number of ether oxygens (including phenoxy) is 3. The Labute approximate surface area is 174 Å². The van der Waals surface area contributed by atoms with E-state index in [0.29, 0.717) is 18.9 Å². The van der Waals surface area contributed by atoms with E-state index in [2.05, 4.69) is 11.8 Å². The minimum absolute atomic E-state index is 0.00320. The van der Waals surface area contributed by atoms with Gasteiger partial charge in [-0.25, -0.2) is 0 Å². The quantitative estimate of drug-likeness (QED) is 0.708. The number of aromatic nitrogens is 1. The van der Waals surface area contributed by atoms with E-state index in [1.807, 2.05) is 22.8 Å². The van der Waals surface area contributed by atoms with Crippen LogP contribution in [0.15, 0.2) is 18.2 Å². The number of hydrogen-bond donors (Lipinski definition) is 0. The maximum atomic E-state index is 13.7. The molecule has 30 heavy (non-hydrogen) atoms. The van der Waals surface area contributed by atoms with Crippen molar-refractivity contribution in [3.8, 4) is 5.75 Å². The first-order valence-electron chi connectivity index (χ1n) is 10.7. The Morgan fingerprint density at radius 1 is 1.30 bits per heavy atom. The number of fused-ring (bicyclic) bond motifs is 4. The van der Waals surface area contributed by atoms with Crippen molar-refractivity contribution in [3.63, 3.8) is 0 Å². The summed E-state index contributed by atoms with van der Waals surface area (Å²) in [6.45, 7) is 3.38. The Bertz CT molecular complexity index is 1090. The summed E-state index contributed by atoms with van der Waals surface area (Å²) in [4.78, 5) is 29.7. The van der Waals surface area contributed by atoms with Gasteiger partial charge in [-0.1, -0.05) is 0 Å². The monoisotopic (exact) mass is 410 g/mol. The number of rotatable bonds is 2. The molecule has 0 amide bonds. The van der Waals surface area contributed by atoms with Gasteiger partial charge in [-0.05, 0) is 43.9 Å². The van der Waals surface area contributed by atoms with Crippen LogP contribution in [0.3, 0.4) is 0 Å². The van der Waals surface area contributed by atoms with Gasteiger partial charge < -0.3 is 14.2 Å². The van der Waals surface area contributed by atoms with Crippen LogP contribution < -0.4 is 4.74 Å². The molecule has 7 heteroatoms. The third-order valence-electron chi connectivity index (χ3n) is 8.01. The molecular weight excluding hydrogens is 384 g/mol. The van der Waals surface area contributed by atoms with Crippen LogP contribution in [0.2, 0.25) is 0 Å². The molecule has 4 aliphatic rings. The molecule has 0 radical (unpaired) electrons. The average Bonchev–Trinajstić information content (AvgIpc) is 3.01. The lowest BCUT2D eigenvalue weighted by Gasteiger charge is -2.57. The average molecular weight is 410 g/mol. The summed E-state index contributed by atoms with van der Waals surface area (Å²) in [5.74, 6) is 0.456. The zero-order valence-electron chi connectivity index (χ0n) is 17.5. The second kappa shape index (κ2) is 6.08. The molecule has 0 spiro atoms. The Hall–Kier alpha value is -2.38. The fraction of sp³-hybridized carbons (Fsp3) is 0.565. The molecule has 2 aromatic rings. The third-order valence-corrected chi connectivity index (χ3v) is 8.01. The van der Waals surface area contributed by atoms with E-state index in [1.165, 1.54) is 7.11 Å². The molecule has 6 rings (SSSR count).